The Morgan fingerprint density at radius 1 is 1.48 bits per heavy atom. The van der Waals surface area contributed by atoms with Gasteiger partial charge in [-0.1, -0.05) is 11.6 Å². The van der Waals surface area contributed by atoms with Gasteiger partial charge >= 0.3 is 0 Å². The molecule has 0 radical (unpaired) electrons. The lowest BCUT2D eigenvalue weighted by Gasteiger charge is -2.05. The highest BCUT2D eigenvalue weighted by Gasteiger charge is 2.17. The average Bonchev–Trinajstić information content (AvgIpc) is 2.97. The van der Waals surface area contributed by atoms with E-state index in [9.17, 15) is 9.59 Å². The fourth-order valence-electron chi connectivity index (χ4n) is 1.77. The fraction of sp³-hybridized carbons (Fsp3) is 0.333. The molecule has 2 aromatic rings. The van der Waals surface area contributed by atoms with Crippen molar-refractivity contribution in [3.05, 3.63) is 28.8 Å². The molecule has 0 aliphatic rings. The number of nitrogens with one attached hydrogen (secondary N) is 1. The van der Waals surface area contributed by atoms with Gasteiger partial charge in [0.15, 0.2) is 5.69 Å². The van der Waals surface area contributed by atoms with E-state index in [1.807, 2.05) is 6.92 Å². The molecule has 2 aromatic heterocycles. The third-order valence-electron chi connectivity index (χ3n) is 2.93. The number of nitrogens with zero attached hydrogens (tertiary/aromatic N) is 4. The minimum Gasteiger partial charge on any atom is -0.364 e. The Balaban J connectivity index is 2.14. The predicted octanol–water partition coefficient (Wildman–Crippen LogP) is 0.799. The largest absolute Gasteiger partial charge is 0.364 e. The molecule has 0 aromatic carbocycles. The van der Waals surface area contributed by atoms with E-state index < -0.39 is 5.91 Å². The number of anilines is 1. The van der Waals surface area contributed by atoms with Gasteiger partial charge in [0.25, 0.3) is 5.91 Å². The zero-order valence-corrected chi connectivity index (χ0v) is 12.4. The first-order chi connectivity index (χ1) is 9.92. The second kappa shape index (κ2) is 5.96. The topological polar surface area (TPSA) is 108 Å². The Morgan fingerprint density at radius 2 is 2.19 bits per heavy atom. The molecule has 112 valence electrons. The molecule has 0 unspecified atom stereocenters. The average molecular weight is 311 g/mol. The molecule has 0 atom stereocenters. The highest BCUT2D eigenvalue weighted by atomic mass is 35.5. The van der Waals surface area contributed by atoms with Crippen molar-refractivity contribution in [3.8, 4) is 0 Å². The maximum Gasteiger partial charge on any atom is 0.271 e. The fourth-order valence-corrected chi connectivity index (χ4v) is 1.91. The van der Waals surface area contributed by atoms with Crippen LogP contribution in [0.15, 0.2) is 12.4 Å². The second-order valence-corrected chi connectivity index (χ2v) is 4.80. The number of primary amides is 1. The van der Waals surface area contributed by atoms with E-state index >= 15 is 0 Å². The van der Waals surface area contributed by atoms with Crippen molar-refractivity contribution < 1.29 is 9.59 Å². The predicted molar refractivity (Wildman–Crippen MR) is 77.0 cm³/mol. The first kappa shape index (κ1) is 15.0. The molecule has 0 bridgehead atoms. The van der Waals surface area contributed by atoms with Crippen LogP contribution < -0.4 is 11.1 Å². The van der Waals surface area contributed by atoms with Gasteiger partial charge in [-0.15, -0.1) is 0 Å². The van der Waals surface area contributed by atoms with E-state index in [2.05, 4.69) is 15.5 Å². The zero-order valence-electron chi connectivity index (χ0n) is 11.6. The third-order valence-corrected chi connectivity index (χ3v) is 3.30. The van der Waals surface area contributed by atoms with Gasteiger partial charge in [0.1, 0.15) is 6.54 Å². The third kappa shape index (κ3) is 3.22. The van der Waals surface area contributed by atoms with Crippen LogP contribution >= 0.6 is 11.6 Å². The van der Waals surface area contributed by atoms with E-state index in [1.165, 1.54) is 15.6 Å². The van der Waals surface area contributed by atoms with Crippen LogP contribution in [-0.2, 0) is 17.9 Å². The number of nitrogens with two attached hydrogens (primary N) is 1. The number of aryl methyl sites for hydroxylation is 1. The minimum absolute atomic E-state index is 0.0198. The first-order valence-electron chi connectivity index (χ1n) is 6.27. The van der Waals surface area contributed by atoms with Crippen LogP contribution in [0.4, 0.5) is 5.69 Å². The Kier molecular flexibility index (Phi) is 4.27. The summed E-state index contributed by atoms with van der Waals surface area (Å²) < 4.78 is 2.98. The molecule has 9 heteroatoms. The quantitative estimate of drug-likeness (QED) is 0.851. The smallest absolute Gasteiger partial charge is 0.271 e. The SMILES string of the molecule is CCn1cc(NC(=O)Cn2ncc(Cl)c2C)c(C(N)=O)n1. The van der Waals surface area contributed by atoms with Crippen LogP contribution in [0.5, 0.6) is 0 Å². The molecule has 8 nitrogen and oxygen atoms in total. The number of hydrogen-bond donors (Lipinski definition) is 2. The van der Waals surface area contributed by atoms with Crippen molar-refractivity contribution in [2.75, 3.05) is 5.32 Å². The molecule has 3 N–H and O–H groups in total. The summed E-state index contributed by atoms with van der Waals surface area (Å²) in [4.78, 5) is 23.3. The van der Waals surface area contributed by atoms with E-state index in [0.717, 1.165) is 0 Å². The van der Waals surface area contributed by atoms with Gasteiger partial charge < -0.3 is 11.1 Å². The monoisotopic (exact) mass is 310 g/mol. The summed E-state index contributed by atoms with van der Waals surface area (Å²) in [5.74, 6) is -1.05. The van der Waals surface area contributed by atoms with Crippen LogP contribution in [0.25, 0.3) is 0 Å². The summed E-state index contributed by atoms with van der Waals surface area (Å²) in [6, 6.07) is 0. The molecule has 21 heavy (non-hydrogen) atoms. The maximum absolute atomic E-state index is 12.0. The first-order valence-corrected chi connectivity index (χ1v) is 6.65. The molecule has 0 aliphatic heterocycles. The lowest BCUT2D eigenvalue weighted by Crippen LogP contribution is -2.22. The van der Waals surface area contributed by atoms with Crippen molar-refractivity contribution in [1.82, 2.24) is 19.6 Å². The molecule has 2 rings (SSSR count). The lowest BCUT2D eigenvalue weighted by molar-refractivity contribution is -0.116. The number of amides is 2. The normalized spacial score (nSPS) is 10.6. The Bertz CT molecular complexity index is 690. The summed E-state index contributed by atoms with van der Waals surface area (Å²) in [7, 11) is 0. The highest BCUT2D eigenvalue weighted by Crippen LogP contribution is 2.15. The van der Waals surface area contributed by atoms with Crippen LogP contribution in [0.1, 0.15) is 23.1 Å². The molecule has 0 saturated carbocycles. The van der Waals surface area contributed by atoms with Crippen LogP contribution in [-0.4, -0.2) is 31.4 Å². The van der Waals surface area contributed by atoms with Crippen LogP contribution in [0.2, 0.25) is 5.02 Å². The molecular formula is C12H15ClN6O2. The Hall–Kier alpha value is -2.35. The Morgan fingerprint density at radius 3 is 2.71 bits per heavy atom. The van der Waals surface area contributed by atoms with Gasteiger partial charge in [0.05, 0.1) is 22.6 Å². The van der Waals surface area contributed by atoms with E-state index in [4.69, 9.17) is 17.3 Å². The van der Waals surface area contributed by atoms with E-state index in [1.54, 1.807) is 13.1 Å². The van der Waals surface area contributed by atoms with Gasteiger partial charge in [-0.25, -0.2) is 0 Å². The van der Waals surface area contributed by atoms with Gasteiger partial charge in [-0.05, 0) is 13.8 Å². The summed E-state index contributed by atoms with van der Waals surface area (Å²) in [6.45, 7) is 4.16. The molecular weight excluding hydrogens is 296 g/mol. The number of carbonyl (C=O) groups is 2. The Labute approximate surface area is 125 Å². The van der Waals surface area contributed by atoms with Crippen LogP contribution in [0.3, 0.4) is 0 Å². The van der Waals surface area contributed by atoms with Crippen LogP contribution in [0, 0.1) is 6.92 Å². The van der Waals surface area contributed by atoms with Crippen molar-refractivity contribution in [2.24, 2.45) is 5.73 Å². The molecule has 0 fully saturated rings. The van der Waals surface area contributed by atoms with Crippen molar-refractivity contribution in [1.29, 1.82) is 0 Å². The number of carbonyl (C=O) groups excluding carboxylic acids is 2. The number of hydrogen-bond acceptors (Lipinski definition) is 4. The van der Waals surface area contributed by atoms with Gasteiger partial charge in [0.2, 0.25) is 5.91 Å². The van der Waals surface area contributed by atoms with E-state index in [0.29, 0.717) is 17.3 Å². The number of rotatable bonds is 5. The van der Waals surface area contributed by atoms with Crippen molar-refractivity contribution >= 4 is 29.1 Å². The van der Waals surface area contributed by atoms with Crippen molar-refractivity contribution in [2.45, 2.75) is 26.9 Å². The molecule has 2 amide bonds. The van der Waals surface area contributed by atoms with Crippen molar-refractivity contribution in [3.63, 3.8) is 0 Å². The lowest BCUT2D eigenvalue weighted by atomic mass is 10.3. The van der Waals surface area contributed by atoms with Gasteiger partial charge in [-0.3, -0.25) is 19.0 Å². The summed E-state index contributed by atoms with van der Waals surface area (Å²) in [5, 5.41) is 11.1. The standard InChI is InChI=1S/C12H15ClN6O2/c1-3-18-5-9(11(17-18)12(14)21)16-10(20)6-19-7(2)8(13)4-15-19/h4-5H,3,6H2,1-2H3,(H2,14,21)(H,16,20). The van der Waals surface area contributed by atoms with E-state index in [-0.39, 0.29) is 23.8 Å². The maximum atomic E-state index is 12.0. The molecule has 0 spiro atoms. The molecule has 0 aliphatic carbocycles. The summed E-state index contributed by atoms with van der Waals surface area (Å²) >= 11 is 5.87. The number of halogens is 1. The highest BCUT2D eigenvalue weighted by molar-refractivity contribution is 6.31. The zero-order chi connectivity index (χ0) is 15.6. The molecule has 2 heterocycles. The van der Waals surface area contributed by atoms with Gasteiger partial charge in [0, 0.05) is 12.7 Å². The molecule has 0 saturated heterocycles. The minimum atomic E-state index is -0.698. The summed E-state index contributed by atoms with van der Waals surface area (Å²) in [5.41, 5.74) is 6.23. The summed E-state index contributed by atoms with van der Waals surface area (Å²) in [6.07, 6.45) is 3.02. The second-order valence-electron chi connectivity index (χ2n) is 4.40. The van der Waals surface area contributed by atoms with Gasteiger partial charge in [-0.2, -0.15) is 10.2 Å². The number of aromatic nitrogens is 4.